The highest BCUT2D eigenvalue weighted by Gasteiger charge is 2.32. The summed E-state index contributed by atoms with van der Waals surface area (Å²) < 4.78 is 0. The van der Waals surface area contributed by atoms with Crippen molar-refractivity contribution in [1.82, 2.24) is 0 Å². The summed E-state index contributed by atoms with van der Waals surface area (Å²) in [6.45, 7) is 0. The number of rotatable bonds is 4. The van der Waals surface area contributed by atoms with Crippen molar-refractivity contribution in [3.8, 4) is 0 Å². The number of hydrogen-bond donors (Lipinski definition) is 0. The first-order valence-corrected chi connectivity index (χ1v) is 10.8. The molecule has 0 radical (unpaired) electrons. The second-order valence-corrected chi connectivity index (χ2v) is 8.58. The van der Waals surface area contributed by atoms with Gasteiger partial charge in [-0.1, -0.05) is 42.5 Å². The van der Waals surface area contributed by atoms with Gasteiger partial charge in [0.2, 0.25) is 0 Å². The molecule has 29 heavy (non-hydrogen) atoms. The Kier molecular flexibility index (Phi) is 4.46. The fourth-order valence-electron chi connectivity index (χ4n) is 3.42. The zero-order chi connectivity index (χ0) is 19.8. The van der Waals surface area contributed by atoms with Crippen LogP contribution in [0, 0.1) is 0 Å². The van der Waals surface area contributed by atoms with Gasteiger partial charge in [0.05, 0.1) is 5.57 Å². The molecule has 0 unspecified atom stereocenters. The van der Waals surface area contributed by atoms with E-state index in [9.17, 15) is 9.59 Å². The Balaban J connectivity index is 1.53. The van der Waals surface area contributed by atoms with Gasteiger partial charge in [0.1, 0.15) is 10.0 Å². The molecule has 0 atom stereocenters. The van der Waals surface area contributed by atoms with E-state index in [4.69, 9.17) is 0 Å². The fourth-order valence-corrected chi connectivity index (χ4v) is 5.23. The molecule has 0 saturated heterocycles. The first kappa shape index (κ1) is 17.8. The van der Waals surface area contributed by atoms with Gasteiger partial charge in [-0.2, -0.15) is 0 Å². The van der Waals surface area contributed by atoms with E-state index in [1.54, 1.807) is 53.0 Å². The maximum atomic E-state index is 12.7. The fraction of sp³-hybridized carbons (Fsp3) is 0. The van der Waals surface area contributed by atoms with Crippen LogP contribution in [0.2, 0.25) is 0 Å². The lowest BCUT2D eigenvalue weighted by Crippen LogP contribution is -2.06. The van der Waals surface area contributed by atoms with Crippen LogP contribution in [-0.4, -0.2) is 11.6 Å². The van der Waals surface area contributed by atoms with E-state index in [2.05, 4.69) is 28.5 Å². The summed E-state index contributed by atoms with van der Waals surface area (Å²) in [5, 5.41) is 4.19. The minimum atomic E-state index is -0.196. The van der Waals surface area contributed by atoms with Crippen LogP contribution in [0.5, 0.6) is 0 Å². The number of hydrogen-bond acceptors (Lipinski definition) is 5. The van der Waals surface area contributed by atoms with Gasteiger partial charge < -0.3 is 0 Å². The molecular formula is C24H15NO2S2. The van der Waals surface area contributed by atoms with Gasteiger partial charge in [0.15, 0.2) is 11.6 Å². The first-order valence-electron chi connectivity index (χ1n) is 9.11. The van der Waals surface area contributed by atoms with Crippen LogP contribution in [0.15, 0.2) is 89.8 Å². The summed E-state index contributed by atoms with van der Waals surface area (Å²) in [4.78, 5) is 28.4. The smallest absolute Gasteiger partial charge is 0.197 e. The van der Waals surface area contributed by atoms with Crippen LogP contribution in [0.25, 0.3) is 6.08 Å². The Hall–Kier alpha value is -3.28. The molecule has 3 nitrogen and oxygen atoms in total. The number of benzene rings is 2. The molecule has 2 aromatic carbocycles. The lowest BCUT2D eigenvalue weighted by molar-refractivity contribution is 0.0990. The Morgan fingerprint density at radius 3 is 2.03 bits per heavy atom. The number of nitrogens with zero attached hydrogens (tertiary/aromatic N) is 1. The molecule has 2 heterocycles. The molecule has 0 fully saturated rings. The largest absolute Gasteiger partial charge is 0.293 e. The third-order valence-electron chi connectivity index (χ3n) is 4.77. The molecule has 0 amide bonds. The number of fused-ring (bicyclic) bond motifs is 1. The van der Waals surface area contributed by atoms with Gasteiger partial charge in [-0.3, -0.25) is 14.5 Å². The molecule has 1 aliphatic carbocycles. The Labute approximate surface area is 176 Å². The summed E-state index contributed by atoms with van der Waals surface area (Å²) in [6.07, 6.45) is 1.72. The van der Waals surface area contributed by atoms with E-state index in [1.807, 2.05) is 36.4 Å². The van der Waals surface area contributed by atoms with E-state index < -0.39 is 0 Å². The zero-order valence-electron chi connectivity index (χ0n) is 15.2. The van der Waals surface area contributed by atoms with Crippen LogP contribution in [0.3, 0.4) is 0 Å². The minimum absolute atomic E-state index is 0.196. The summed E-state index contributed by atoms with van der Waals surface area (Å²) >= 11 is 3.22. The normalized spacial score (nSPS) is 12.9. The lowest BCUT2D eigenvalue weighted by atomic mass is 10.1. The number of allylic oxidation sites excluding steroid dienone is 1. The predicted molar refractivity (Wildman–Crippen MR) is 120 cm³/mol. The van der Waals surface area contributed by atoms with Crippen LogP contribution in [0.4, 0.5) is 15.7 Å². The Bertz CT molecular complexity index is 1200. The lowest BCUT2D eigenvalue weighted by Gasteiger charge is -2.21. The monoisotopic (exact) mass is 413 g/mol. The maximum absolute atomic E-state index is 12.7. The predicted octanol–water partition coefficient (Wildman–Crippen LogP) is 6.74. The molecule has 5 rings (SSSR count). The number of para-hydroxylation sites is 1. The number of carbonyl (C=O) groups is 2. The van der Waals surface area contributed by atoms with E-state index in [0.29, 0.717) is 11.1 Å². The summed E-state index contributed by atoms with van der Waals surface area (Å²) in [5.41, 5.74) is 2.29. The van der Waals surface area contributed by atoms with Crippen molar-refractivity contribution in [2.45, 2.75) is 0 Å². The van der Waals surface area contributed by atoms with Gasteiger partial charge >= 0.3 is 0 Å². The van der Waals surface area contributed by atoms with Crippen LogP contribution < -0.4 is 4.90 Å². The highest BCUT2D eigenvalue weighted by molar-refractivity contribution is 7.18. The molecule has 0 bridgehead atoms. The topological polar surface area (TPSA) is 37.4 Å². The second kappa shape index (κ2) is 7.28. The average Bonchev–Trinajstić information content (AvgIpc) is 3.49. The third kappa shape index (κ3) is 3.14. The first-order chi connectivity index (χ1) is 14.2. The molecule has 0 N–H and O–H groups in total. The van der Waals surface area contributed by atoms with Crippen molar-refractivity contribution in [2.24, 2.45) is 0 Å². The van der Waals surface area contributed by atoms with Gasteiger partial charge in [0, 0.05) is 21.7 Å². The molecule has 140 valence electrons. The maximum Gasteiger partial charge on any atom is 0.197 e. The zero-order valence-corrected chi connectivity index (χ0v) is 16.9. The summed E-state index contributed by atoms with van der Waals surface area (Å²) in [6, 6.07) is 25.2. The van der Waals surface area contributed by atoms with Crippen molar-refractivity contribution < 1.29 is 9.59 Å². The molecule has 0 spiro atoms. The van der Waals surface area contributed by atoms with E-state index >= 15 is 0 Å². The molecule has 1 aliphatic rings. The van der Waals surface area contributed by atoms with Crippen molar-refractivity contribution in [1.29, 1.82) is 0 Å². The molecule has 2 aromatic heterocycles. The van der Waals surface area contributed by atoms with Gasteiger partial charge in [-0.05, 0) is 47.9 Å². The SMILES string of the molecule is O=C1C(=Cc2ccc(N(c3ccccc3)c3cccs3)s2)C(=O)c2ccccc21. The standard InChI is InChI=1S/C24H15NO2S2/c26-23-18-9-4-5-10-19(18)24(27)20(23)15-17-12-13-22(29-17)25(21-11-6-14-28-21)16-7-2-1-3-8-16/h1-15H. The second-order valence-electron chi connectivity index (χ2n) is 6.56. The summed E-state index contributed by atoms with van der Waals surface area (Å²) in [7, 11) is 0. The average molecular weight is 414 g/mol. The quantitative estimate of drug-likeness (QED) is 0.275. The van der Waals surface area contributed by atoms with E-state index in [-0.39, 0.29) is 17.1 Å². The molecule has 5 heteroatoms. The van der Waals surface area contributed by atoms with Crippen LogP contribution >= 0.6 is 22.7 Å². The number of ketones is 2. The van der Waals surface area contributed by atoms with Crippen molar-refractivity contribution in [3.05, 3.63) is 106 Å². The molecule has 0 aliphatic heterocycles. The molecule has 4 aromatic rings. The summed E-state index contributed by atoms with van der Waals surface area (Å²) in [5.74, 6) is -0.391. The van der Waals surface area contributed by atoms with Gasteiger partial charge in [-0.25, -0.2) is 0 Å². The number of Topliss-reactive ketones (excluding diaryl/α,β-unsaturated/α-hetero) is 2. The Morgan fingerprint density at radius 2 is 1.38 bits per heavy atom. The highest BCUT2D eigenvalue weighted by Crippen LogP contribution is 2.41. The van der Waals surface area contributed by atoms with Crippen molar-refractivity contribution in [3.63, 3.8) is 0 Å². The number of anilines is 3. The molecular weight excluding hydrogens is 398 g/mol. The van der Waals surface area contributed by atoms with Gasteiger partial charge in [-0.15, -0.1) is 22.7 Å². The van der Waals surface area contributed by atoms with Gasteiger partial charge in [0.25, 0.3) is 0 Å². The third-order valence-corrected chi connectivity index (χ3v) is 6.64. The minimum Gasteiger partial charge on any atom is -0.293 e. The molecule has 0 saturated carbocycles. The van der Waals surface area contributed by atoms with E-state index in [0.717, 1.165) is 20.6 Å². The van der Waals surface area contributed by atoms with E-state index in [1.165, 1.54) is 0 Å². The van der Waals surface area contributed by atoms with Crippen LogP contribution in [-0.2, 0) is 0 Å². The number of thiophene rings is 2. The Morgan fingerprint density at radius 1 is 0.690 bits per heavy atom. The van der Waals surface area contributed by atoms with Crippen molar-refractivity contribution in [2.75, 3.05) is 4.90 Å². The van der Waals surface area contributed by atoms with Crippen molar-refractivity contribution >= 4 is 56.0 Å². The number of carbonyl (C=O) groups excluding carboxylic acids is 2. The van der Waals surface area contributed by atoms with Crippen LogP contribution in [0.1, 0.15) is 25.6 Å². The highest BCUT2D eigenvalue weighted by atomic mass is 32.1.